The van der Waals surface area contributed by atoms with Crippen LogP contribution in [0, 0.1) is 0 Å². The van der Waals surface area contributed by atoms with Crippen LogP contribution in [-0.2, 0) is 5.41 Å². The van der Waals surface area contributed by atoms with Gasteiger partial charge in [-0.05, 0) is 29.8 Å². The molecule has 7 rings (SSSR count). The predicted molar refractivity (Wildman–Crippen MR) is 95.9 cm³/mol. The zero-order chi connectivity index (χ0) is 17.1. The molecule has 0 spiro atoms. The summed E-state index contributed by atoms with van der Waals surface area (Å²) < 4.78 is 14.5. The number of pyridine rings is 1. The molecule has 0 radical (unpaired) electrons. The minimum absolute atomic E-state index is 0. The van der Waals surface area contributed by atoms with Crippen LogP contribution < -0.4 is 17.0 Å². The Hall–Kier alpha value is -2.78. The van der Waals surface area contributed by atoms with E-state index in [2.05, 4.69) is 65.4 Å². The van der Waals surface area contributed by atoms with Crippen molar-refractivity contribution in [1.29, 1.82) is 0 Å². The number of hydrogen-bond acceptors (Lipinski definition) is 2. The summed E-state index contributed by atoms with van der Waals surface area (Å²) in [6.07, 6.45) is 6.68. The van der Waals surface area contributed by atoms with Crippen LogP contribution in [0.15, 0.2) is 94.3 Å². The van der Waals surface area contributed by atoms with Gasteiger partial charge in [0.25, 0.3) is 0 Å². The van der Waals surface area contributed by atoms with Crippen molar-refractivity contribution in [3.63, 3.8) is 0 Å². The van der Waals surface area contributed by atoms with Crippen molar-refractivity contribution in [2.24, 2.45) is 0 Å². The van der Waals surface area contributed by atoms with Crippen molar-refractivity contribution in [1.82, 2.24) is 0 Å². The van der Waals surface area contributed by atoms with E-state index in [1.165, 1.54) is 16.8 Å². The lowest BCUT2D eigenvalue weighted by Gasteiger charge is -2.46. The van der Waals surface area contributed by atoms with Crippen molar-refractivity contribution in [2.75, 3.05) is 0 Å². The summed E-state index contributed by atoms with van der Waals surface area (Å²) in [6.45, 7) is 0. The van der Waals surface area contributed by atoms with E-state index in [0.29, 0.717) is 0 Å². The number of furan rings is 2. The van der Waals surface area contributed by atoms with Crippen molar-refractivity contribution in [2.45, 2.75) is 23.8 Å². The molecule has 3 aliphatic rings. The molecule has 2 unspecified atom stereocenters. The summed E-state index contributed by atoms with van der Waals surface area (Å²) in [4.78, 5) is 0. The first kappa shape index (κ1) is 16.4. The van der Waals surface area contributed by atoms with Gasteiger partial charge < -0.3 is 21.2 Å². The van der Waals surface area contributed by atoms with Gasteiger partial charge in [-0.2, -0.15) is 4.57 Å². The lowest BCUT2D eigenvalue weighted by molar-refractivity contribution is -0.732. The third-order valence-electron chi connectivity index (χ3n) is 6.15. The molecule has 2 aliphatic heterocycles. The fourth-order valence-electron chi connectivity index (χ4n) is 5.21. The molecule has 5 heterocycles. The number of halogens is 1. The molecule has 3 aromatic heterocycles. The number of aromatic nitrogens is 1. The molecule has 0 saturated heterocycles. The first-order valence-electron chi connectivity index (χ1n) is 9.06. The molecule has 4 heteroatoms. The monoisotopic (exact) mass is 375 g/mol. The summed E-state index contributed by atoms with van der Waals surface area (Å²) in [5.74, 6) is 2.11. The van der Waals surface area contributed by atoms with E-state index in [-0.39, 0.29) is 29.8 Å². The van der Waals surface area contributed by atoms with Gasteiger partial charge in [0.05, 0.1) is 18.4 Å². The minimum atomic E-state index is -0.326. The summed E-state index contributed by atoms with van der Waals surface area (Å²) in [5.41, 5.74) is 3.78. The maximum atomic E-state index is 6.01. The van der Waals surface area contributed by atoms with E-state index in [1.807, 2.05) is 12.1 Å². The Morgan fingerprint density at radius 3 is 2.11 bits per heavy atom. The molecule has 134 valence electrons. The summed E-state index contributed by atoms with van der Waals surface area (Å²) in [6, 6.07) is 23.7. The molecule has 27 heavy (non-hydrogen) atoms. The van der Waals surface area contributed by atoms with Crippen LogP contribution in [0.5, 0.6) is 0 Å². The van der Waals surface area contributed by atoms with E-state index in [1.54, 1.807) is 12.5 Å². The maximum absolute atomic E-state index is 6.01. The number of fused-ring (bicyclic) bond motifs is 1. The lowest BCUT2D eigenvalue weighted by atomic mass is 9.56. The van der Waals surface area contributed by atoms with E-state index >= 15 is 0 Å². The highest BCUT2D eigenvalue weighted by Crippen LogP contribution is 2.59. The average Bonchev–Trinajstić information content (AvgIpc) is 3.42. The molecular formula is C23H18ClNO2. The van der Waals surface area contributed by atoms with Crippen molar-refractivity contribution in [3.8, 4) is 0 Å². The van der Waals surface area contributed by atoms with Crippen molar-refractivity contribution < 1.29 is 25.8 Å². The van der Waals surface area contributed by atoms with Gasteiger partial charge in [-0.15, -0.1) is 0 Å². The Morgan fingerprint density at radius 2 is 1.44 bits per heavy atom. The first-order valence-corrected chi connectivity index (χ1v) is 9.06. The van der Waals surface area contributed by atoms with Crippen LogP contribution >= 0.6 is 0 Å². The quantitative estimate of drug-likeness (QED) is 0.498. The minimum Gasteiger partial charge on any atom is -1.00 e. The number of rotatable bonds is 2. The molecular weight excluding hydrogens is 358 g/mol. The van der Waals surface area contributed by atoms with Gasteiger partial charge >= 0.3 is 0 Å². The SMILES string of the molecule is [Cl-].c1coc(C2(c3ccco3)CC3c4ccccc4C2c2cccc[n+]23)c1. The van der Waals surface area contributed by atoms with E-state index in [0.717, 1.165) is 17.9 Å². The van der Waals surface area contributed by atoms with E-state index in [9.17, 15) is 0 Å². The second kappa shape index (κ2) is 5.86. The van der Waals surface area contributed by atoms with Crippen LogP contribution in [0.2, 0.25) is 0 Å². The number of benzene rings is 1. The Bertz CT molecular complexity index is 1000. The zero-order valence-electron chi connectivity index (χ0n) is 14.6. The van der Waals surface area contributed by atoms with Gasteiger partial charge in [0.15, 0.2) is 17.9 Å². The third kappa shape index (κ3) is 2.00. The standard InChI is InChI=1S/C23H18NO2.ClH/c1-2-8-17-16(7-1)19-15-23(20-10-5-13-25-20,21-11-6-14-26-21)22(17)18-9-3-4-12-24(18)19;/h1-14,19,22H,15H2;1H/q+1;/p-1. The Kier molecular flexibility index (Phi) is 3.56. The van der Waals surface area contributed by atoms with Gasteiger partial charge in [0, 0.05) is 24.1 Å². The fraction of sp³-hybridized carbons (Fsp3) is 0.174. The van der Waals surface area contributed by atoms with Gasteiger partial charge in [0.1, 0.15) is 16.9 Å². The van der Waals surface area contributed by atoms with Crippen molar-refractivity contribution in [3.05, 3.63) is 114 Å². The average molecular weight is 376 g/mol. The molecule has 2 bridgehead atoms. The van der Waals surface area contributed by atoms with Gasteiger partial charge in [-0.1, -0.05) is 30.3 Å². The van der Waals surface area contributed by atoms with Crippen LogP contribution in [0.4, 0.5) is 0 Å². The van der Waals surface area contributed by atoms with Gasteiger partial charge in [-0.25, -0.2) is 0 Å². The second-order valence-corrected chi connectivity index (χ2v) is 7.24. The van der Waals surface area contributed by atoms with Crippen LogP contribution in [0.1, 0.15) is 46.7 Å². The largest absolute Gasteiger partial charge is 1.00 e. The smallest absolute Gasteiger partial charge is 0.190 e. The molecule has 2 atom stereocenters. The summed E-state index contributed by atoms with van der Waals surface area (Å²) in [7, 11) is 0. The molecule has 0 saturated carbocycles. The predicted octanol–water partition coefficient (Wildman–Crippen LogP) is 1.59. The third-order valence-corrected chi connectivity index (χ3v) is 6.15. The summed E-state index contributed by atoms with van der Waals surface area (Å²) >= 11 is 0. The molecule has 1 aliphatic carbocycles. The topological polar surface area (TPSA) is 30.2 Å². The molecule has 3 nitrogen and oxygen atoms in total. The molecule has 0 N–H and O–H groups in total. The van der Waals surface area contributed by atoms with Gasteiger partial charge in [-0.3, -0.25) is 0 Å². The molecule has 0 fully saturated rings. The van der Waals surface area contributed by atoms with E-state index < -0.39 is 0 Å². The number of nitrogens with zero attached hydrogens (tertiary/aromatic N) is 1. The highest BCUT2D eigenvalue weighted by molar-refractivity contribution is 5.51. The molecule has 0 amide bonds. The Balaban J connectivity index is 0.00000160. The highest BCUT2D eigenvalue weighted by Gasteiger charge is 2.62. The Labute approximate surface area is 163 Å². The van der Waals surface area contributed by atoms with Gasteiger partial charge in [0.2, 0.25) is 0 Å². The maximum Gasteiger partial charge on any atom is 0.190 e. The zero-order valence-corrected chi connectivity index (χ0v) is 15.3. The highest BCUT2D eigenvalue weighted by atomic mass is 35.5. The first-order chi connectivity index (χ1) is 12.9. The fourth-order valence-corrected chi connectivity index (χ4v) is 5.21. The lowest BCUT2D eigenvalue weighted by Crippen LogP contribution is -3.00. The normalized spacial score (nSPS) is 21.2. The number of hydrogen-bond donors (Lipinski definition) is 0. The Morgan fingerprint density at radius 1 is 0.778 bits per heavy atom. The molecule has 4 aromatic rings. The van der Waals surface area contributed by atoms with Crippen LogP contribution in [0.3, 0.4) is 0 Å². The second-order valence-electron chi connectivity index (χ2n) is 7.24. The van der Waals surface area contributed by atoms with Crippen molar-refractivity contribution >= 4 is 0 Å². The molecule has 1 aromatic carbocycles. The van der Waals surface area contributed by atoms with Crippen LogP contribution in [-0.4, -0.2) is 0 Å². The van der Waals surface area contributed by atoms with Crippen LogP contribution in [0.25, 0.3) is 0 Å². The summed E-state index contributed by atoms with van der Waals surface area (Å²) in [5, 5.41) is 0. The van der Waals surface area contributed by atoms with E-state index in [4.69, 9.17) is 8.83 Å².